The average Bonchev–Trinajstić information content (AvgIpc) is 3.09. The Morgan fingerprint density at radius 3 is 2.47 bits per heavy atom. The Balaban J connectivity index is 1.99. The first-order valence-electron chi connectivity index (χ1n) is 9.43. The van der Waals surface area contributed by atoms with E-state index in [9.17, 15) is 24.3 Å². The zero-order valence-electron chi connectivity index (χ0n) is 16.9. The number of amides is 1. The average molecular weight is 459 g/mol. The Hall–Kier alpha value is -3.69. The van der Waals surface area contributed by atoms with Crippen LogP contribution in [0.15, 0.2) is 53.7 Å². The summed E-state index contributed by atoms with van der Waals surface area (Å²) < 4.78 is 4.74. The normalized spacial score (nSPS) is 13.3. The molecule has 1 aliphatic rings. The zero-order valence-corrected chi connectivity index (χ0v) is 17.7. The third-order valence-corrected chi connectivity index (χ3v) is 5.17. The Labute approximate surface area is 187 Å². The molecule has 0 saturated heterocycles. The number of ether oxygens (including phenoxy) is 1. The van der Waals surface area contributed by atoms with E-state index in [4.69, 9.17) is 21.4 Å². The Morgan fingerprint density at radius 2 is 1.84 bits per heavy atom. The summed E-state index contributed by atoms with van der Waals surface area (Å²) in [5, 5.41) is 21.5. The molecule has 1 heterocycles. The highest BCUT2D eigenvalue weighted by Crippen LogP contribution is 2.29. The predicted octanol–water partition coefficient (Wildman–Crippen LogP) is 1.94. The van der Waals surface area contributed by atoms with Crippen molar-refractivity contribution < 1.29 is 34.1 Å². The first-order valence-corrected chi connectivity index (χ1v) is 9.81. The lowest BCUT2D eigenvalue weighted by Gasteiger charge is -2.15. The predicted molar refractivity (Wildman–Crippen MR) is 115 cm³/mol. The Morgan fingerprint density at radius 1 is 1.16 bits per heavy atom. The molecule has 0 spiro atoms. The molecule has 32 heavy (non-hydrogen) atoms. The van der Waals surface area contributed by atoms with E-state index in [1.807, 2.05) is 0 Å². The van der Waals surface area contributed by atoms with Gasteiger partial charge in [0.1, 0.15) is 5.70 Å². The van der Waals surface area contributed by atoms with Crippen LogP contribution in [-0.2, 0) is 14.3 Å². The number of hydrogen-bond acceptors (Lipinski definition) is 7. The number of carbonyl (C=O) groups is 4. The van der Waals surface area contributed by atoms with Gasteiger partial charge in [-0.1, -0.05) is 29.8 Å². The molecule has 0 saturated carbocycles. The maximum absolute atomic E-state index is 13.0. The number of aliphatic hydroxyl groups is 1. The quantitative estimate of drug-likeness (QED) is 0.403. The molecule has 0 bridgehead atoms. The number of benzene rings is 2. The van der Waals surface area contributed by atoms with Crippen LogP contribution >= 0.6 is 11.6 Å². The number of esters is 1. The van der Waals surface area contributed by atoms with Crippen molar-refractivity contribution in [2.24, 2.45) is 0 Å². The van der Waals surface area contributed by atoms with E-state index in [2.05, 4.69) is 5.32 Å². The second-order valence-corrected chi connectivity index (χ2v) is 7.20. The lowest BCUT2D eigenvalue weighted by atomic mass is 9.98. The van der Waals surface area contributed by atoms with Gasteiger partial charge in [0, 0.05) is 17.7 Å². The second kappa shape index (κ2) is 9.63. The molecule has 2 aromatic rings. The number of aliphatic hydroxyl groups excluding tert-OH is 1. The van der Waals surface area contributed by atoms with Crippen molar-refractivity contribution in [2.75, 3.05) is 32.1 Å². The third kappa shape index (κ3) is 4.48. The summed E-state index contributed by atoms with van der Waals surface area (Å²) in [7, 11) is 1.18. The van der Waals surface area contributed by atoms with E-state index in [0.29, 0.717) is 0 Å². The number of halogens is 1. The van der Waals surface area contributed by atoms with Gasteiger partial charge in [-0.05, 0) is 24.3 Å². The molecule has 0 fully saturated rings. The van der Waals surface area contributed by atoms with Crippen molar-refractivity contribution in [2.45, 2.75) is 0 Å². The molecule has 9 nitrogen and oxygen atoms in total. The van der Waals surface area contributed by atoms with Gasteiger partial charge in [-0.2, -0.15) is 0 Å². The van der Waals surface area contributed by atoms with Gasteiger partial charge in [-0.15, -0.1) is 0 Å². The number of ketones is 1. The van der Waals surface area contributed by atoms with E-state index in [-0.39, 0.29) is 58.4 Å². The smallest absolute Gasteiger partial charge is 0.337 e. The lowest BCUT2D eigenvalue weighted by molar-refractivity contribution is -0.136. The number of carboxylic acid groups (broad SMARTS) is 1. The molecule has 3 N–H and O–H groups in total. The molecule has 3 rings (SSSR count). The maximum atomic E-state index is 13.0. The fourth-order valence-electron chi connectivity index (χ4n) is 3.27. The van der Waals surface area contributed by atoms with Gasteiger partial charge in [-0.25, -0.2) is 9.59 Å². The van der Waals surface area contributed by atoms with Crippen LogP contribution in [-0.4, -0.2) is 65.5 Å². The lowest BCUT2D eigenvalue weighted by Crippen LogP contribution is -2.31. The number of nitrogens with zero attached hydrogens (tertiary/aromatic N) is 1. The van der Waals surface area contributed by atoms with Crippen LogP contribution in [0.1, 0.15) is 26.3 Å². The summed E-state index contributed by atoms with van der Waals surface area (Å²) in [6, 6.07) is 10.0. The fraction of sp³-hybridized carbons (Fsp3) is 0.182. The van der Waals surface area contributed by atoms with E-state index in [1.54, 1.807) is 6.07 Å². The second-order valence-electron chi connectivity index (χ2n) is 6.79. The monoisotopic (exact) mass is 458 g/mol. The van der Waals surface area contributed by atoms with Crippen molar-refractivity contribution in [1.82, 2.24) is 4.90 Å². The van der Waals surface area contributed by atoms with Gasteiger partial charge < -0.3 is 25.2 Å². The summed E-state index contributed by atoms with van der Waals surface area (Å²) in [4.78, 5) is 50.6. The molecule has 0 atom stereocenters. The minimum atomic E-state index is -1.24. The zero-order chi connectivity index (χ0) is 23.4. The SMILES string of the molecule is COC(=O)C1=C(Nc2cc(C(=O)c3ccccc3C(=O)O)ccc2Cl)C(=O)N(CCO)C1. The van der Waals surface area contributed by atoms with Crippen molar-refractivity contribution in [3.05, 3.63) is 75.4 Å². The number of anilines is 1. The molecule has 0 aliphatic carbocycles. The van der Waals surface area contributed by atoms with Crippen molar-refractivity contribution in [3.8, 4) is 0 Å². The van der Waals surface area contributed by atoms with Crippen LogP contribution in [0.3, 0.4) is 0 Å². The highest BCUT2D eigenvalue weighted by molar-refractivity contribution is 6.33. The number of hydrogen-bond donors (Lipinski definition) is 3. The van der Waals surface area contributed by atoms with Crippen LogP contribution in [0.25, 0.3) is 0 Å². The molecule has 0 aromatic heterocycles. The topological polar surface area (TPSA) is 133 Å². The highest BCUT2D eigenvalue weighted by atomic mass is 35.5. The van der Waals surface area contributed by atoms with Crippen molar-refractivity contribution in [3.63, 3.8) is 0 Å². The minimum Gasteiger partial charge on any atom is -0.478 e. The standard InChI is InChI=1S/C22H19ClN2O7/c1-32-22(31)15-11-25(8-9-26)20(28)18(15)24-17-10-12(6-7-16(17)23)19(27)13-4-2-3-5-14(13)21(29)30/h2-7,10,24,26H,8-9,11H2,1H3,(H,29,30). The molecular formula is C22H19ClN2O7. The van der Waals surface area contributed by atoms with Crippen molar-refractivity contribution in [1.29, 1.82) is 0 Å². The van der Waals surface area contributed by atoms with E-state index in [1.165, 1.54) is 48.4 Å². The highest BCUT2D eigenvalue weighted by Gasteiger charge is 2.34. The molecule has 166 valence electrons. The molecule has 2 aromatic carbocycles. The van der Waals surface area contributed by atoms with Gasteiger partial charge in [-0.3, -0.25) is 9.59 Å². The van der Waals surface area contributed by atoms with Gasteiger partial charge >= 0.3 is 11.9 Å². The van der Waals surface area contributed by atoms with E-state index >= 15 is 0 Å². The first-order chi connectivity index (χ1) is 15.3. The van der Waals surface area contributed by atoms with Crippen molar-refractivity contribution >= 4 is 40.9 Å². The minimum absolute atomic E-state index is 0.00574. The summed E-state index contributed by atoms with van der Waals surface area (Å²) >= 11 is 6.24. The van der Waals surface area contributed by atoms with Gasteiger partial charge in [0.25, 0.3) is 5.91 Å². The van der Waals surface area contributed by atoms with Crippen LogP contribution in [0.2, 0.25) is 5.02 Å². The van der Waals surface area contributed by atoms with Gasteiger partial charge in [0.15, 0.2) is 5.78 Å². The molecule has 1 aliphatic heterocycles. The molecule has 10 heteroatoms. The number of carbonyl (C=O) groups excluding carboxylic acids is 3. The maximum Gasteiger partial charge on any atom is 0.337 e. The van der Waals surface area contributed by atoms with Crippen LogP contribution in [0.4, 0.5) is 5.69 Å². The first kappa shape index (κ1) is 23.0. The largest absolute Gasteiger partial charge is 0.478 e. The van der Waals surface area contributed by atoms with Crippen LogP contribution < -0.4 is 5.32 Å². The van der Waals surface area contributed by atoms with E-state index in [0.717, 1.165) is 0 Å². The number of β-amino-alcohol motifs (C(OH)–C–C–N with tert-alkyl or cyclic N) is 1. The van der Waals surface area contributed by atoms with E-state index < -0.39 is 23.6 Å². The number of rotatable bonds is 8. The summed E-state index contributed by atoms with van der Waals surface area (Å²) in [6.07, 6.45) is 0. The summed E-state index contributed by atoms with van der Waals surface area (Å²) in [6.45, 7) is -0.333. The number of carboxylic acids is 1. The molecule has 1 amide bonds. The Kier molecular flexibility index (Phi) is 6.92. The van der Waals surface area contributed by atoms with Gasteiger partial charge in [0.05, 0.1) is 42.1 Å². The number of nitrogens with one attached hydrogen (secondary N) is 1. The molecule has 0 radical (unpaired) electrons. The number of aromatic carboxylic acids is 1. The Bertz CT molecular complexity index is 1140. The third-order valence-electron chi connectivity index (χ3n) is 4.84. The van der Waals surface area contributed by atoms with Crippen LogP contribution in [0.5, 0.6) is 0 Å². The summed E-state index contributed by atoms with van der Waals surface area (Å²) in [5.41, 5.74) is 0.110. The number of methoxy groups -OCH3 is 1. The summed E-state index contributed by atoms with van der Waals surface area (Å²) in [5.74, 6) is -3.05. The fourth-order valence-corrected chi connectivity index (χ4v) is 3.43. The molecule has 0 unspecified atom stereocenters. The van der Waals surface area contributed by atoms with Crippen LogP contribution in [0, 0.1) is 0 Å². The molecular weight excluding hydrogens is 440 g/mol. The van der Waals surface area contributed by atoms with Gasteiger partial charge in [0.2, 0.25) is 0 Å².